The summed E-state index contributed by atoms with van der Waals surface area (Å²) < 4.78 is 12.8. The molecule has 0 radical (unpaired) electrons. The van der Waals surface area contributed by atoms with Crippen LogP contribution >= 0.6 is 23.7 Å². The Labute approximate surface area is 147 Å². The minimum Gasteiger partial charge on any atom is -0.339 e. The first kappa shape index (κ1) is 16.9. The van der Waals surface area contributed by atoms with E-state index in [2.05, 4.69) is 35.0 Å². The number of hydrogen-bond donors (Lipinski definition) is 1. The van der Waals surface area contributed by atoms with Gasteiger partial charge in [0.05, 0.1) is 11.5 Å². The number of thiophene rings is 1. The highest BCUT2D eigenvalue weighted by molar-refractivity contribution is 7.10. The zero-order chi connectivity index (χ0) is 14.8. The molecule has 0 bridgehead atoms. The summed E-state index contributed by atoms with van der Waals surface area (Å²) >= 11 is 1.69. The summed E-state index contributed by atoms with van der Waals surface area (Å²) in [5.41, 5.74) is 1.08. The highest BCUT2D eigenvalue weighted by Crippen LogP contribution is 2.43. The number of hydrogen-bond acceptors (Lipinski definition) is 4. The topological polar surface area (TPSA) is 30.5 Å². The summed E-state index contributed by atoms with van der Waals surface area (Å²) in [6.07, 6.45) is 3.82. The predicted octanol–water partition coefficient (Wildman–Crippen LogP) is 3.93. The van der Waals surface area contributed by atoms with Gasteiger partial charge in [-0.25, -0.2) is 0 Å². The van der Waals surface area contributed by atoms with Gasteiger partial charge in [0.1, 0.15) is 6.10 Å². The molecular formula is C18H22ClNO2S. The molecule has 5 heteroatoms. The lowest BCUT2D eigenvalue weighted by molar-refractivity contribution is -0.144. The molecule has 1 N–H and O–H groups in total. The summed E-state index contributed by atoms with van der Waals surface area (Å²) in [5.74, 6) is -0.737. The average Bonchev–Trinajstić information content (AvgIpc) is 3.27. The van der Waals surface area contributed by atoms with Crippen molar-refractivity contribution < 1.29 is 9.47 Å². The zero-order valence-corrected chi connectivity index (χ0v) is 14.6. The molecule has 1 aromatic carbocycles. The highest BCUT2D eigenvalue weighted by Gasteiger charge is 2.47. The van der Waals surface area contributed by atoms with E-state index in [0.717, 1.165) is 17.0 Å². The van der Waals surface area contributed by atoms with Crippen LogP contribution in [0.3, 0.4) is 0 Å². The van der Waals surface area contributed by atoms with Crippen molar-refractivity contribution in [1.82, 2.24) is 5.32 Å². The van der Waals surface area contributed by atoms with E-state index in [4.69, 9.17) is 9.47 Å². The molecule has 0 spiro atoms. The minimum atomic E-state index is -0.737. The van der Waals surface area contributed by atoms with Crippen LogP contribution in [-0.4, -0.2) is 25.3 Å². The van der Waals surface area contributed by atoms with Crippen LogP contribution in [-0.2, 0) is 15.3 Å². The zero-order valence-electron chi connectivity index (χ0n) is 12.9. The lowest BCUT2D eigenvalue weighted by atomic mass is 10.00. The highest BCUT2D eigenvalue weighted by atomic mass is 35.5. The molecule has 3 nitrogen and oxygen atoms in total. The summed E-state index contributed by atoms with van der Waals surface area (Å²) in [4.78, 5) is 1.12. The SMILES string of the molecule is Cl.c1ccc(C2(c3cccs3)OCC(C3CCCCN3)O2)cc1. The molecule has 2 aromatic rings. The van der Waals surface area contributed by atoms with Crippen molar-refractivity contribution in [1.29, 1.82) is 0 Å². The van der Waals surface area contributed by atoms with Crippen molar-refractivity contribution >= 4 is 23.7 Å². The average molecular weight is 352 g/mol. The van der Waals surface area contributed by atoms with Gasteiger partial charge in [0.15, 0.2) is 0 Å². The van der Waals surface area contributed by atoms with Gasteiger partial charge in [-0.15, -0.1) is 23.7 Å². The molecule has 0 amide bonds. The van der Waals surface area contributed by atoms with Gasteiger partial charge in [0.25, 0.3) is 0 Å². The van der Waals surface area contributed by atoms with Crippen LogP contribution in [0.1, 0.15) is 29.7 Å². The van der Waals surface area contributed by atoms with E-state index in [1.54, 1.807) is 11.3 Å². The maximum atomic E-state index is 6.54. The summed E-state index contributed by atoms with van der Waals surface area (Å²) in [5, 5.41) is 5.68. The Kier molecular flexibility index (Phi) is 5.39. The second kappa shape index (κ2) is 7.32. The summed E-state index contributed by atoms with van der Waals surface area (Å²) in [6, 6.07) is 14.9. The Morgan fingerprint density at radius 1 is 1.09 bits per heavy atom. The van der Waals surface area contributed by atoms with Crippen molar-refractivity contribution in [3.8, 4) is 0 Å². The van der Waals surface area contributed by atoms with E-state index in [-0.39, 0.29) is 18.5 Å². The molecule has 0 aliphatic carbocycles. The van der Waals surface area contributed by atoms with Crippen LogP contribution in [0, 0.1) is 0 Å². The van der Waals surface area contributed by atoms with Gasteiger partial charge >= 0.3 is 0 Å². The van der Waals surface area contributed by atoms with Crippen molar-refractivity contribution in [2.75, 3.05) is 13.2 Å². The van der Waals surface area contributed by atoms with Crippen molar-refractivity contribution in [2.45, 2.75) is 37.2 Å². The first-order chi connectivity index (χ1) is 10.9. The molecule has 2 fully saturated rings. The van der Waals surface area contributed by atoms with E-state index >= 15 is 0 Å². The predicted molar refractivity (Wildman–Crippen MR) is 95.3 cm³/mol. The molecule has 124 valence electrons. The molecule has 1 aromatic heterocycles. The first-order valence-electron chi connectivity index (χ1n) is 8.03. The lowest BCUT2D eigenvalue weighted by Gasteiger charge is -2.31. The number of nitrogens with one attached hydrogen (secondary N) is 1. The molecule has 2 aliphatic heterocycles. The van der Waals surface area contributed by atoms with Gasteiger partial charge in [-0.3, -0.25) is 0 Å². The van der Waals surface area contributed by atoms with E-state index in [9.17, 15) is 0 Å². The molecular weight excluding hydrogens is 330 g/mol. The van der Waals surface area contributed by atoms with Crippen LogP contribution in [0.15, 0.2) is 47.8 Å². The first-order valence-corrected chi connectivity index (χ1v) is 8.91. The number of piperidine rings is 1. The van der Waals surface area contributed by atoms with Gasteiger partial charge in [0, 0.05) is 11.6 Å². The second-order valence-electron chi connectivity index (χ2n) is 5.98. The monoisotopic (exact) mass is 351 g/mol. The fourth-order valence-corrected chi connectivity index (χ4v) is 4.26. The van der Waals surface area contributed by atoms with E-state index < -0.39 is 5.79 Å². The van der Waals surface area contributed by atoms with Crippen LogP contribution in [0.2, 0.25) is 0 Å². The molecule has 0 saturated carbocycles. The second-order valence-corrected chi connectivity index (χ2v) is 6.93. The summed E-state index contributed by atoms with van der Waals surface area (Å²) in [7, 11) is 0. The van der Waals surface area contributed by atoms with Gasteiger partial charge in [0.2, 0.25) is 5.79 Å². The smallest absolute Gasteiger partial charge is 0.232 e. The molecule has 4 rings (SSSR count). The lowest BCUT2D eigenvalue weighted by Crippen LogP contribution is -2.45. The Hall–Kier alpha value is -0.910. The molecule has 3 heterocycles. The van der Waals surface area contributed by atoms with Gasteiger partial charge in [-0.05, 0) is 30.8 Å². The Balaban J connectivity index is 0.00000156. The Bertz CT molecular complexity index is 601. The van der Waals surface area contributed by atoms with E-state index in [1.807, 2.05) is 18.2 Å². The van der Waals surface area contributed by atoms with E-state index in [0.29, 0.717) is 12.6 Å². The largest absolute Gasteiger partial charge is 0.339 e. The van der Waals surface area contributed by atoms with Gasteiger partial charge in [-0.2, -0.15) is 0 Å². The number of ether oxygens (including phenoxy) is 2. The van der Waals surface area contributed by atoms with Crippen LogP contribution in [0.25, 0.3) is 0 Å². The fraction of sp³-hybridized carbons (Fsp3) is 0.444. The third-order valence-electron chi connectivity index (χ3n) is 4.56. The number of benzene rings is 1. The maximum Gasteiger partial charge on any atom is 0.232 e. The van der Waals surface area contributed by atoms with Gasteiger partial charge in [-0.1, -0.05) is 42.8 Å². The van der Waals surface area contributed by atoms with Crippen molar-refractivity contribution in [2.24, 2.45) is 0 Å². The molecule has 3 atom stereocenters. The number of rotatable bonds is 3. The standard InChI is InChI=1S/C18H21NO2S.ClH/c1-2-7-14(8-3-1)18(17-10-6-12-22-17)20-13-16(21-18)15-9-4-5-11-19-15;/h1-3,6-8,10,12,15-16,19H,4-5,9,11,13H2;1H. The van der Waals surface area contributed by atoms with Crippen LogP contribution in [0.4, 0.5) is 0 Å². The van der Waals surface area contributed by atoms with E-state index in [1.165, 1.54) is 19.3 Å². The molecule has 3 unspecified atom stereocenters. The van der Waals surface area contributed by atoms with Crippen molar-refractivity contribution in [3.63, 3.8) is 0 Å². The molecule has 2 aliphatic rings. The fourth-order valence-electron chi connectivity index (χ4n) is 3.42. The third kappa shape index (κ3) is 3.19. The molecule has 23 heavy (non-hydrogen) atoms. The Morgan fingerprint density at radius 2 is 1.96 bits per heavy atom. The van der Waals surface area contributed by atoms with Gasteiger partial charge < -0.3 is 14.8 Å². The third-order valence-corrected chi connectivity index (χ3v) is 5.52. The van der Waals surface area contributed by atoms with Crippen LogP contribution in [0.5, 0.6) is 0 Å². The quantitative estimate of drug-likeness (QED) is 0.908. The van der Waals surface area contributed by atoms with Crippen LogP contribution < -0.4 is 5.32 Å². The summed E-state index contributed by atoms with van der Waals surface area (Å²) in [6.45, 7) is 1.73. The van der Waals surface area contributed by atoms with Crippen molar-refractivity contribution in [3.05, 3.63) is 58.3 Å². The minimum absolute atomic E-state index is 0. The molecule has 2 saturated heterocycles. The maximum absolute atomic E-state index is 6.54. The normalized spacial score (nSPS) is 30.8. The Morgan fingerprint density at radius 3 is 2.65 bits per heavy atom. The number of halogens is 1.